The van der Waals surface area contributed by atoms with Crippen LogP contribution in [0.3, 0.4) is 0 Å². The van der Waals surface area contributed by atoms with Gasteiger partial charge in [0.05, 0.1) is 11.9 Å². The Morgan fingerprint density at radius 2 is 2.10 bits per heavy atom. The first-order chi connectivity index (χ1) is 15.1. The maximum absolute atomic E-state index is 11.9. The van der Waals surface area contributed by atoms with E-state index in [0.717, 1.165) is 30.5 Å². The van der Waals surface area contributed by atoms with Crippen LogP contribution in [0.1, 0.15) is 36.6 Å². The summed E-state index contributed by atoms with van der Waals surface area (Å²) in [6, 6.07) is 3.86. The van der Waals surface area contributed by atoms with Crippen LogP contribution in [-0.4, -0.2) is 42.5 Å². The summed E-state index contributed by atoms with van der Waals surface area (Å²) in [4.78, 5) is 36.6. The molecule has 0 radical (unpaired) electrons. The molecule has 2 fully saturated rings. The van der Waals surface area contributed by atoms with E-state index in [9.17, 15) is 9.59 Å². The van der Waals surface area contributed by atoms with Gasteiger partial charge in [-0.15, -0.1) is 0 Å². The van der Waals surface area contributed by atoms with Gasteiger partial charge in [0.2, 0.25) is 5.95 Å². The van der Waals surface area contributed by atoms with Crippen molar-refractivity contribution in [2.24, 2.45) is 0 Å². The fourth-order valence-electron chi connectivity index (χ4n) is 3.07. The lowest BCUT2D eigenvalue weighted by molar-refractivity contribution is -0.115. The normalized spacial score (nSPS) is 17.1. The number of nitrogens with zero attached hydrogens (tertiary/aromatic N) is 5. The number of hydrogen-bond donors (Lipinski definition) is 3. The number of amides is 3. The minimum atomic E-state index is -0.566. The molecular formula is C20H20N8O3. The van der Waals surface area contributed by atoms with Crippen molar-refractivity contribution in [1.29, 1.82) is 0 Å². The maximum atomic E-state index is 11.9. The van der Waals surface area contributed by atoms with Crippen LogP contribution in [0.2, 0.25) is 0 Å². The van der Waals surface area contributed by atoms with Crippen LogP contribution in [-0.2, 0) is 17.8 Å². The molecular weight excluding hydrogens is 400 g/mol. The van der Waals surface area contributed by atoms with Crippen LogP contribution in [0.15, 0.2) is 30.2 Å². The molecule has 3 aromatic rings. The number of rotatable bonds is 7. The molecule has 1 aliphatic heterocycles. The third-order valence-electron chi connectivity index (χ3n) is 4.95. The first-order valence-corrected chi connectivity index (χ1v) is 10.0. The first-order valence-electron chi connectivity index (χ1n) is 10.0. The molecule has 11 heteroatoms. The molecule has 0 atom stereocenters. The summed E-state index contributed by atoms with van der Waals surface area (Å²) >= 11 is 0. The second kappa shape index (κ2) is 7.67. The van der Waals surface area contributed by atoms with Crippen LogP contribution in [0.5, 0.6) is 6.01 Å². The van der Waals surface area contributed by atoms with Crippen LogP contribution in [0.25, 0.3) is 11.7 Å². The van der Waals surface area contributed by atoms with Crippen molar-refractivity contribution in [2.75, 3.05) is 5.32 Å². The summed E-state index contributed by atoms with van der Waals surface area (Å²) in [5, 5.41) is 12.3. The average molecular weight is 420 g/mol. The Morgan fingerprint density at radius 3 is 2.77 bits per heavy atom. The first kappa shape index (κ1) is 19.0. The fraction of sp³-hybridized carbons (Fsp3) is 0.300. The topological polar surface area (TPSA) is 135 Å². The molecule has 31 heavy (non-hydrogen) atoms. The molecule has 1 saturated carbocycles. The predicted octanol–water partition coefficient (Wildman–Crippen LogP) is 1.42. The monoisotopic (exact) mass is 420 g/mol. The zero-order valence-electron chi connectivity index (χ0n) is 16.8. The van der Waals surface area contributed by atoms with Crippen molar-refractivity contribution in [3.8, 4) is 6.01 Å². The van der Waals surface area contributed by atoms with Crippen molar-refractivity contribution in [3.63, 3.8) is 0 Å². The van der Waals surface area contributed by atoms with Gasteiger partial charge in [-0.3, -0.25) is 15.1 Å². The van der Waals surface area contributed by atoms with Crippen LogP contribution >= 0.6 is 0 Å². The number of pyridine rings is 1. The highest BCUT2D eigenvalue weighted by Gasteiger charge is 2.26. The van der Waals surface area contributed by atoms with E-state index in [2.05, 4.69) is 42.9 Å². The summed E-state index contributed by atoms with van der Waals surface area (Å²) in [7, 11) is 0. The number of anilines is 1. The minimum Gasteiger partial charge on any atom is -0.457 e. The van der Waals surface area contributed by atoms with Crippen molar-refractivity contribution in [2.45, 2.75) is 38.8 Å². The number of imide groups is 1. The molecule has 3 N–H and O–H groups in total. The van der Waals surface area contributed by atoms with Crippen molar-refractivity contribution < 1.29 is 14.3 Å². The van der Waals surface area contributed by atoms with Crippen LogP contribution in [0.4, 0.5) is 10.7 Å². The molecule has 0 bridgehead atoms. The van der Waals surface area contributed by atoms with Gasteiger partial charge in [-0.2, -0.15) is 19.6 Å². The standard InChI is InChI=1S/C20H20N8O3/c1-2-11-3-4-14(21-8-11)10-31-20-25-16-12(7-15-17(29)26-19(30)24-15)9-22-28(16)18(27-20)23-13-5-6-13/h3-4,7-9,13H,2,5-6,10H2,1H3,(H,23,25,27)(H2,24,26,29,30)/b15-7-. The maximum Gasteiger partial charge on any atom is 0.326 e. The third-order valence-corrected chi connectivity index (χ3v) is 4.95. The quantitative estimate of drug-likeness (QED) is 0.386. The Hall–Kier alpha value is -4.02. The van der Waals surface area contributed by atoms with Crippen LogP contribution < -0.4 is 20.7 Å². The number of ether oxygens (including phenoxy) is 1. The molecule has 5 rings (SSSR count). The molecule has 158 valence electrons. The second-order valence-electron chi connectivity index (χ2n) is 7.35. The number of nitrogens with one attached hydrogen (secondary N) is 3. The minimum absolute atomic E-state index is 0.123. The number of carbonyl (C=O) groups excluding carboxylic acids is 2. The average Bonchev–Trinajstić information content (AvgIpc) is 3.41. The van der Waals surface area contributed by atoms with Gasteiger partial charge in [-0.05, 0) is 37.0 Å². The SMILES string of the molecule is CCc1ccc(COc2nc(NC3CC3)n3ncc(/C=C4\NC(=O)NC4=O)c3n2)nc1. The molecule has 3 aromatic heterocycles. The molecule has 11 nitrogen and oxygen atoms in total. The zero-order valence-corrected chi connectivity index (χ0v) is 16.8. The van der Waals surface area contributed by atoms with Crippen molar-refractivity contribution in [1.82, 2.24) is 35.2 Å². The summed E-state index contributed by atoms with van der Waals surface area (Å²) in [6.45, 7) is 2.29. The molecule has 1 aliphatic carbocycles. The van der Waals surface area contributed by atoms with Crippen LogP contribution in [0, 0.1) is 0 Å². The van der Waals surface area contributed by atoms with E-state index in [1.165, 1.54) is 6.08 Å². The van der Waals surface area contributed by atoms with E-state index in [1.807, 2.05) is 18.3 Å². The number of aromatic nitrogens is 5. The molecule has 0 spiro atoms. The Kier molecular flexibility index (Phi) is 4.69. The second-order valence-corrected chi connectivity index (χ2v) is 7.35. The Balaban J connectivity index is 1.46. The molecule has 3 amide bonds. The molecule has 1 saturated heterocycles. The van der Waals surface area contributed by atoms with Gasteiger partial charge in [0.25, 0.3) is 5.91 Å². The molecule has 0 unspecified atom stereocenters. The van der Waals surface area contributed by atoms with Crippen molar-refractivity contribution in [3.05, 3.63) is 47.0 Å². The molecule has 0 aromatic carbocycles. The van der Waals surface area contributed by atoms with E-state index in [1.54, 1.807) is 10.7 Å². The fourth-order valence-corrected chi connectivity index (χ4v) is 3.07. The zero-order chi connectivity index (χ0) is 21.4. The number of carbonyl (C=O) groups is 2. The third kappa shape index (κ3) is 4.02. The number of aryl methyl sites for hydroxylation is 1. The van der Waals surface area contributed by atoms with Gasteiger partial charge in [-0.25, -0.2) is 4.79 Å². The summed E-state index contributed by atoms with van der Waals surface area (Å²) in [5.41, 5.74) is 3.03. The lowest BCUT2D eigenvalue weighted by Gasteiger charge is -2.09. The summed E-state index contributed by atoms with van der Waals surface area (Å²) in [6.07, 6.45) is 7.93. The van der Waals surface area contributed by atoms with Gasteiger partial charge >= 0.3 is 12.0 Å². The van der Waals surface area contributed by atoms with E-state index in [0.29, 0.717) is 23.2 Å². The van der Waals surface area contributed by atoms with Gasteiger partial charge in [0, 0.05) is 17.8 Å². The number of hydrogen-bond acceptors (Lipinski definition) is 8. The Labute approximate surface area is 176 Å². The predicted molar refractivity (Wildman–Crippen MR) is 110 cm³/mol. The summed E-state index contributed by atoms with van der Waals surface area (Å²) in [5.74, 6) is -0.00541. The lowest BCUT2D eigenvalue weighted by Crippen LogP contribution is -2.22. The molecule has 2 aliphatic rings. The van der Waals surface area contributed by atoms with Gasteiger partial charge < -0.3 is 15.4 Å². The van der Waals surface area contributed by atoms with Crippen molar-refractivity contribution >= 4 is 29.6 Å². The highest BCUT2D eigenvalue weighted by atomic mass is 16.5. The van der Waals surface area contributed by atoms with Gasteiger partial charge in [-0.1, -0.05) is 13.0 Å². The van der Waals surface area contributed by atoms with E-state index < -0.39 is 11.9 Å². The smallest absolute Gasteiger partial charge is 0.326 e. The summed E-state index contributed by atoms with van der Waals surface area (Å²) < 4.78 is 7.37. The largest absolute Gasteiger partial charge is 0.457 e. The lowest BCUT2D eigenvalue weighted by atomic mass is 10.2. The highest BCUT2D eigenvalue weighted by Crippen LogP contribution is 2.26. The number of fused-ring (bicyclic) bond motifs is 1. The van der Waals surface area contributed by atoms with E-state index >= 15 is 0 Å². The van der Waals surface area contributed by atoms with E-state index in [-0.39, 0.29) is 18.3 Å². The number of urea groups is 1. The molecule has 4 heterocycles. The van der Waals surface area contributed by atoms with Gasteiger partial charge in [0.15, 0.2) is 5.65 Å². The van der Waals surface area contributed by atoms with Gasteiger partial charge in [0.1, 0.15) is 12.3 Å². The highest BCUT2D eigenvalue weighted by molar-refractivity contribution is 6.14. The van der Waals surface area contributed by atoms with E-state index in [4.69, 9.17) is 4.74 Å². The Bertz CT molecular complexity index is 1200. The Morgan fingerprint density at radius 1 is 1.23 bits per heavy atom.